The number of hydrogen-bond donors (Lipinski definition) is 3. The highest BCUT2D eigenvalue weighted by atomic mass is 16.5. The summed E-state index contributed by atoms with van der Waals surface area (Å²) in [5, 5.41) is 22.5. The molecular formula is C27H40N2O3. The summed E-state index contributed by atoms with van der Waals surface area (Å²) in [5.74, 6) is 0.960. The average molecular weight is 441 g/mol. The van der Waals surface area contributed by atoms with Gasteiger partial charge in [-0.15, -0.1) is 0 Å². The maximum Gasteiger partial charge on any atom is 0.124 e. The molecule has 5 nitrogen and oxygen atoms in total. The van der Waals surface area contributed by atoms with Crippen molar-refractivity contribution in [2.75, 3.05) is 19.7 Å². The van der Waals surface area contributed by atoms with Gasteiger partial charge in [0.05, 0.1) is 24.9 Å². The largest absolute Gasteiger partial charge is 0.491 e. The molecule has 0 aliphatic carbocycles. The van der Waals surface area contributed by atoms with Crippen LogP contribution in [0.5, 0.6) is 5.75 Å². The normalized spacial score (nSPS) is 20.4. The van der Waals surface area contributed by atoms with Crippen molar-refractivity contribution < 1.29 is 14.9 Å². The molecule has 3 unspecified atom stereocenters. The number of nitrogens with one attached hydrogen (secondary N) is 1. The zero-order valence-corrected chi connectivity index (χ0v) is 19.6. The number of rotatable bonds is 12. The molecule has 0 aromatic heterocycles. The Bertz CT molecular complexity index is 783. The van der Waals surface area contributed by atoms with Crippen molar-refractivity contribution in [2.45, 2.75) is 76.8 Å². The molecule has 176 valence electrons. The predicted octanol–water partition coefficient (Wildman–Crippen LogP) is 4.29. The Morgan fingerprint density at radius 2 is 1.81 bits per heavy atom. The van der Waals surface area contributed by atoms with E-state index in [1.807, 2.05) is 6.07 Å². The highest BCUT2D eigenvalue weighted by molar-refractivity contribution is 5.33. The van der Waals surface area contributed by atoms with Gasteiger partial charge in [-0.3, -0.25) is 4.90 Å². The summed E-state index contributed by atoms with van der Waals surface area (Å²) in [6, 6.07) is 19.8. The minimum absolute atomic E-state index is 0.148. The van der Waals surface area contributed by atoms with Crippen molar-refractivity contribution >= 4 is 0 Å². The zero-order valence-electron chi connectivity index (χ0n) is 19.6. The lowest BCUT2D eigenvalue weighted by atomic mass is 9.89. The van der Waals surface area contributed by atoms with Crippen LogP contribution in [0.25, 0.3) is 0 Å². The molecule has 0 amide bonds. The molecule has 1 aliphatic rings. The van der Waals surface area contributed by atoms with Crippen LogP contribution in [0.2, 0.25) is 0 Å². The van der Waals surface area contributed by atoms with Gasteiger partial charge < -0.3 is 20.3 Å². The van der Waals surface area contributed by atoms with E-state index in [1.165, 1.54) is 17.5 Å². The van der Waals surface area contributed by atoms with Crippen LogP contribution >= 0.6 is 0 Å². The lowest BCUT2D eigenvalue weighted by molar-refractivity contribution is 0.0804. The lowest BCUT2D eigenvalue weighted by Gasteiger charge is -2.42. The van der Waals surface area contributed by atoms with Gasteiger partial charge in [-0.1, -0.05) is 48.5 Å². The minimum Gasteiger partial charge on any atom is -0.491 e. The maximum absolute atomic E-state index is 9.64. The number of likely N-dealkylation sites (tertiary alicyclic amines) is 1. The summed E-state index contributed by atoms with van der Waals surface area (Å²) in [5.41, 5.74) is 2.55. The van der Waals surface area contributed by atoms with Crippen molar-refractivity contribution in [3.05, 3.63) is 65.7 Å². The number of nitrogens with zero attached hydrogens (tertiary/aromatic N) is 1. The fourth-order valence-corrected chi connectivity index (χ4v) is 4.67. The first-order valence-corrected chi connectivity index (χ1v) is 12.1. The number of para-hydroxylation sites is 1. The van der Waals surface area contributed by atoms with Gasteiger partial charge in [-0.25, -0.2) is 0 Å². The molecule has 1 heterocycles. The van der Waals surface area contributed by atoms with Crippen LogP contribution in [0, 0.1) is 0 Å². The molecule has 2 aromatic carbocycles. The van der Waals surface area contributed by atoms with Gasteiger partial charge in [-0.2, -0.15) is 0 Å². The van der Waals surface area contributed by atoms with Crippen LogP contribution in [0.4, 0.5) is 0 Å². The Morgan fingerprint density at radius 1 is 1.06 bits per heavy atom. The van der Waals surface area contributed by atoms with E-state index in [9.17, 15) is 5.11 Å². The molecule has 3 rings (SSSR count). The fraction of sp³-hybridized carbons (Fsp3) is 0.556. The molecule has 2 aromatic rings. The van der Waals surface area contributed by atoms with Gasteiger partial charge in [0.2, 0.25) is 0 Å². The number of aliphatic hydroxyl groups excluding tert-OH is 2. The second-order valence-corrected chi connectivity index (χ2v) is 9.13. The van der Waals surface area contributed by atoms with Crippen molar-refractivity contribution in [1.82, 2.24) is 10.2 Å². The predicted molar refractivity (Wildman–Crippen MR) is 130 cm³/mol. The Labute approximate surface area is 193 Å². The second-order valence-electron chi connectivity index (χ2n) is 9.13. The monoisotopic (exact) mass is 440 g/mol. The Morgan fingerprint density at radius 3 is 2.56 bits per heavy atom. The van der Waals surface area contributed by atoms with Crippen LogP contribution in [0.1, 0.15) is 63.1 Å². The van der Waals surface area contributed by atoms with E-state index in [1.54, 1.807) is 0 Å². The zero-order chi connectivity index (χ0) is 22.8. The molecule has 1 fully saturated rings. The molecule has 5 heteroatoms. The van der Waals surface area contributed by atoms with Crippen LogP contribution < -0.4 is 10.1 Å². The summed E-state index contributed by atoms with van der Waals surface area (Å²) in [6.45, 7) is 6.86. The van der Waals surface area contributed by atoms with Gasteiger partial charge in [0.25, 0.3) is 0 Å². The van der Waals surface area contributed by atoms with E-state index in [0.717, 1.165) is 44.6 Å². The third-order valence-corrected chi connectivity index (χ3v) is 6.21. The van der Waals surface area contributed by atoms with Gasteiger partial charge >= 0.3 is 0 Å². The summed E-state index contributed by atoms with van der Waals surface area (Å²) in [7, 11) is 0. The summed E-state index contributed by atoms with van der Waals surface area (Å²) >= 11 is 0. The van der Waals surface area contributed by atoms with Crippen molar-refractivity contribution in [3.63, 3.8) is 0 Å². The third-order valence-electron chi connectivity index (χ3n) is 6.21. The topological polar surface area (TPSA) is 65.0 Å². The van der Waals surface area contributed by atoms with E-state index >= 15 is 0 Å². The molecule has 0 spiro atoms. The molecule has 0 bridgehead atoms. The first-order valence-electron chi connectivity index (χ1n) is 12.1. The fourth-order valence-electron chi connectivity index (χ4n) is 4.67. The summed E-state index contributed by atoms with van der Waals surface area (Å²) in [6.07, 6.45) is 4.49. The van der Waals surface area contributed by atoms with E-state index < -0.39 is 6.10 Å². The van der Waals surface area contributed by atoms with Crippen LogP contribution in [-0.4, -0.2) is 53.1 Å². The number of ether oxygens (including phenoxy) is 1. The molecule has 3 N–H and O–H groups in total. The van der Waals surface area contributed by atoms with Crippen LogP contribution in [0.3, 0.4) is 0 Å². The SMILES string of the molecule is CC(C)Oc1ccccc1CNC1CCCN(CCCCC(O)CO)C1c1ccccc1. The van der Waals surface area contributed by atoms with Gasteiger partial charge in [0.15, 0.2) is 0 Å². The molecular weight excluding hydrogens is 400 g/mol. The van der Waals surface area contributed by atoms with Crippen LogP contribution in [-0.2, 0) is 6.54 Å². The molecule has 1 saturated heterocycles. The molecule has 0 saturated carbocycles. The molecule has 0 radical (unpaired) electrons. The quantitative estimate of drug-likeness (QED) is 0.430. The van der Waals surface area contributed by atoms with E-state index in [2.05, 4.69) is 72.6 Å². The highest BCUT2D eigenvalue weighted by Crippen LogP contribution is 2.32. The highest BCUT2D eigenvalue weighted by Gasteiger charge is 2.32. The summed E-state index contributed by atoms with van der Waals surface area (Å²) < 4.78 is 6.02. The van der Waals surface area contributed by atoms with Gasteiger partial charge in [0.1, 0.15) is 5.75 Å². The lowest BCUT2D eigenvalue weighted by Crippen LogP contribution is -2.48. The maximum atomic E-state index is 9.64. The molecule has 3 atom stereocenters. The number of hydrogen-bond acceptors (Lipinski definition) is 5. The Kier molecular flexibility index (Phi) is 10.0. The van der Waals surface area contributed by atoms with E-state index in [4.69, 9.17) is 9.84 Å². The molecule has 1 aliphatic heterocycles. The number of piperidine rings is 1. The Hall–Kier alpha value is -1.92. The first-order chi connectivity index (χ1) is 15.6. The van der Waals surface area contributed by atoms with E-state index in [0.29, 0.717) is 18.5 Å². The van der Waals surface area contributed by atoms with Crippen molar-refractivity contribution in [2.24, 2.45) is 0 Å². The standard InChI is InChI=1S/C27H40N2O3/c1-21(2)32-26-16-7-6-13-23(26)19-28-25-15-10-18-29(17-9-8-14-24(31)20-30)27(25)22-11-4-3-5-12-22/h3-7,11-13,16,21,24-25,27-28,30-31H,8-10,14-15,17-20H2,1-2H3. The average Bonchev–Trinajstić information content (AvgIpc) is 2.81. The first kappa shape index (κ1) is 24.7. The van der Waals surface area contributed by atoms with Crippen LogP contribution in [0.15, 0.2) is 54.6 Å². The second kappa shape index (κ2) is 12.9. The van der Waals surface area contributed by atoms with Gasteiger partial charge in [0, 0.05) is 18.2 Å². The Balaban J connectivity index is 1.68. The smallest absolute Gasteiger partial charge is 0.124 e. The van der Waals surface area contributed by atoms with Crippen molar-refractivity contribution in [1.29, 1.82) is 0 Å². The van der Waals surface area contributed by atoms with Crippen molar-refractivity contribution in [3.8, 4) is 5.75 Å². The number of unbranched alkanes of at least 4 members (excludes halogenated alkanes) is 1. The van der Waals surface area contributed by atoms with E-state index in [-0.39, 0.29) is 12.7 Å². The minimum atomic E-state index is -0.594. The third kappa shape index (κ3) is 7.31. The molecule has 32 heavy (non-hydrogen) atoms. The summed E-state index contributed by atoms with van der Waals surface area (Å²) in [4.78, 5) is 2.60. The van der Waals surface area contributed by atoms with Gasteiger partial charge in [-0.05, 0) is 70.7 Å². The number of benzene rings is 2. The number of aliphatic hydroxyl groups is 2.